The van der Waals surface area contributed by atoms with Crippen LogP contribution in [0.5, 0.6) is 11.5 Å². The number of carbonyl (C=O) groups is 1. The van der Waals surface area contributed by atoms with Gasteiger partial charge in [0.2, 0.25) is 0 Å². The van der Waals surface area contributed by atoms with Crippen molar-refractivity contribution >= 4 is 29.3 Å². The Balaban J connectivity index is 1.56. The number of thioether (sulfide) groups is 1. The van der Waals surface area contributed by atoms with Crippen molar-refractivity contribution in [1.82, 2.24) is 4.90 Å². The first-order valence-electron chi connectivity index (χ1n) is 8.72. The molecule has 1 aliphatic rings. The fourth-order valence-corrected chi connectivity index (χ4v) is 4.44. The molecular formula is C22H18ClNO2S. The lowest BCUT2D eigenvalue weighted by molar-refractivity contribution is 0.0760. The maximum atomic E-state index is 13.0. The van der Waals surface area contributed by atoms with Crippen molar-refractivity contribution in [1.29, 1.82) is 0 Å². The van der Waals surface area contributed by atoms with Crippen molar-refractivity contribution in [3.63, 3.8) is 0 Å². The van der Waals surface area contributed by atoms with Gasteiger partial charge in [-0.3, -0.25) is 4.79 Å². The van der Waals surface area contributed by atoms with Gasteiger partial charge < -0.3 is 9.64 Å². The molecule has 3 nitrogen and oxygen atoms in total. The van der Waals surface area contributed by atoms with E-state index in [0.717, 1.165) is 29.4 Å². The maximum Gasteiger partial charge on any atom is 0.255 e. The minimum atomic E-state index is -0.0208. The summed E-state index contributed by atoms with van der Waals surface area (Å²) in [5, 5.41) is 0.608. The smallest absolute Gasteiger partial charge is 0.255 e. The Morgan fingerprint density at radius 3 is 2.48 bits per heavy atom. The van der Waals surface area contributed by atoms with Gasteiger partial charge >= 0.3 is 0 Å². The van der Waals surface area contributed by atoms with E-state index in [9.17, 15) is 4.79 Å². The average Bonchev–Trinajstić information content (AvgIpc) is 3.19. The number of benzene rings is 3. The van der Waals surface area contributed by atoms with E-state index in [0.29, 0.717) is 10.6 Å². The summed E-state index contributed by atoms with van der Waals surface area (Å²) < 4.78 is 5.94. The highest BCUT2D eigenvalue weighted by atomic mass is 35.5. The van der Waals surface area contributed by atoms with Gasteiger partial charge in [-0.1, -0.05) is 41.9 Å². The number of nitrogens with zero attached hydrogens (tertiary/aromatic N) is 1. The van der Waals surface area contributed by atoms with E-state index in [1.807, 2.05) is 59.5 Å². The van der Waals surface area contributed by atoms with Crippen LogP contribution in [0.4, 0.5) is 0 Å². The molecule has 3 aromatic rings. The van der Waals surface area contributed by atoms with E-state index in [2.05, 4.69) is 0 Å². The molecule has 1 amide bonds. The van der Waals surface area contributed by atoms with Crippen LogP contribution in [0.25, 0.3) is 0 Å². The van der Waals surface area contributed by atoms with Crippen LogP contribution in [0, 0.1) is 0 Å². The van der Waals surface area contributed by atoms with Crippen LogP contribution < -0.4 is 4.74 Å². The van der Waals surface area contributed by atoms with Crippen LogP contribution in [0.2, 0.25) is 5.02 Å². The van der Waals surface area contributed by atoms with Gasteiger partial charge in [-0.05, 0) is 54.1 Å². The first kappa shape index (κ1) is 18.0. The summed E-state index contributed by atoms with van der Waals surface area (Å²) in [7, 11) is 0. The van der Waals surface area contributed by atoms with Gasteiger partial charge in [0, 0.05) is 22.9 Å². The number of halogens is 1. The second-order valence-corrected chi connectivity index (χ2v) is 7.84. The SMILES string of the molecule is O=C(c1ccc(Cl)cc1)N1CCSC1c1cccc(Oc2ccccc2)c1. The predicted octanol–water partition coefficient (Wildman–Crippen LogP) is 6.02. The number of para-hydroxylation sites is 1. The number of amides is 1. The van der Waals surface area contributed by atoms with Crippen LogP contribution in [-0.2, 0) is 0 Å². The lowest BCUT2D eigenvalue weighted by Crippen LogP contribution is -2.30. The van der Waals surface area contributed by atoms with E-state index in [1.54, 1.807) is 36.0 Å². The summed E-state index contributed by atoms with van der Waals surface area (Å²) in [4.78, 5) is 14.9. The van der Waals surface area contributed by atoms with Crippen molar-refractivity contribution in [2.24, 2.45) is 0 Å². The molecule has 0 spiro atoms. The largest absolute Gasteiger partial charge is 0.457 e. The average molecular weight is 396 g/mol. The number of rotatable bonds is 4. The Labute approximate surface area is 167 Å². The maximum absolute atomic E-state index is 13.0. The monoisotopic (exact) mass is 395 g/mol. The second-order valence-electron chi connectivity index (χ2n) is 6.22. The van der Waals surface area contributed by atoms with Crippen LogP contribution in [0.3, 0.4) is 0 Å². The van der Waals surface area contributed by atoms with Crippen LogP contribution in [-0.4, -0.2) is 23.1 Å². The van der Waals surface area contributed by atoms with Crippen LogP contribution >= 0.6 is 23.4 Å². The number of carbonyl (C=O) groups excluding carboxylic acids is 1. The van der Waals surface area contributed by atoms with Gasteiger partial charge in [0.1, 0.15) is 16.9 Å². The van der Waals surface area contributed by atoms with Gasteiger partial charge in [-0.2, -0.15) is 0 Å². The van der Waals surface area contributed by atoms with Crippen molar-refractivity contribution < 1.29 is 9.53 Å². The molecule has 1 atom stereocenters. The molecule has 1 heterocycles. The molecule has 0 aliphatic carbocycles. The molecule has 27 heavy (non-hydrogen) atoms. The molecule has 0 saturated carbocycles. The van der Waals surface area contributed by atoms with Gasteiger partial charge in [-0.25, -0.2) is 0 Å². The zero-order chi connectivity index (χ0) is 18.6. The predicted molar refractivity (Wildman–Crippen MR) is 111 cm³/mol. The molecule has 5 heteroatoms. The zero-order valence-corrected chi connectivity index (χ0v) is 16.1. The molecule has 0 bridgehead atoms. The van der Waals surface area contributed by atoms with Crippen molar-refractivity contribution in [3.05, 3.63) is 95.0 Å². The third kappa shape index (κ3) is 4.12. The fourth-order valence-electron chi connectivity index (χ4n) is 3.07. The molecule has 3 aromatic carbocycles. The molecule has 4 rings (SSSR count). The fraction of sp³-hybridized carbons (Fsp3) is 0.136. The van der Waals surface area contributed by atoms with Crippen molar-refractivity contribution in [3.8, 4) is 11.5 Å². The molecule has 1 fully saturated rings. The van der Waals surface area contributed by atoms with Gasteiger partial charge in [-0.15, -0.1) is 11.8 Å². The summed E-state index contributed by atoms with van der Waals surface area (Å²) in [5.74, 6) is 2.50. The van der Waals surface area contributed by atoms with E-state index in [-0.39, 0.29) is 11.3 Å². The molecule has 136 valence electrons. The van der Waals surface area contributed by atoms with E-state index in [4.69, 9.17) is 16.3 Å². The minimum absolute atomic E-state index is 0.0208. The minimum Gasteiger partial charge on any atom is -0.457 e. The number of hydrogen-bond donors (Lipinski definition) is 0. The molecule has 0 radical (unpaired) electrons. The summed E-state index contributed by atoms with van der Waals surface area (Å²) in [6.45, 7) is 0.723. The zero-order valence-electron chi connectivity index (χ0n) is 14.5. The summed E-state index contributed by atoms with van der Waals surface area (Å²) in [5.41, 5.74) is 1.72. The number of ether oxygens (including phenoxy) is 1. The normalized spacial score (nSPS) is 16.3. The third-order valence-corrected chi connectivity index (χ3v) is 5.88. The summed E-state index contributed by atoms with van der Waals surface area (Å²) in [6, 6.07) is 24.7. The highest BCUT2D eigenvalue weighted by molar-refractivity contribution is 7.99. The van der Waals surface area contributed by atoms with Crippen LogP contribution in [0.15, 0.2) is 78.9 Å². The van der Waals surface area contributed by atoms with E-state index in [1.165, 1.54) is 0 Å². The van der Waals surface area contributed by atoms with Crippen LogP contribution in [0.1, 0.15) is 21.3 Å². The highest BCUT2D eigenvalue weighted by Gasteiger charge is 2.31. The lowest BCUT2D eigenvalue weighted by atomic mass is 10.1. The molecule has 1 saturated heterocycles. The Kier molecular flexibility index (Phi) is 5.37. The second kappa shape index (κ2) is 8.07. The standard InChI is InChI=1S/C22H18ClNO2S/c23-18-11-9-16(10-12-18)21(25)24-13-14-27-22(24)17-5-4-8-20(15-17)26-19-6-2-1-3-7-19/h1-12,15,22H,13-14H2. The topological polar surface area (TPSA) is 29.5 Å². The Hall–Kier alpha value is -2.43. The highest BCUT2D eigenvalue weighted by Crippen LogP contribution is 2.40. The molecule has 1 unspecified atom stereocenters. The Morgan fingerprint density at radius 2 is 1.70 bits per heavy atom. The van der Waals surface area contributed by atoms with Gasteiger partial charge in [0.15, 0.2) is 0 Å². The Bertz CT molecular complexity index is 931. The summed E-state index contributed by atoms with van der Waals surface area (Å²) in [6.07, 6.45) is 0. The molecule has 0 N–H and O–H groups in total. The first-order valence-corrected chi connectivity index (χ1v) is 10.1. The first-order chi connectivity index (χ1) is 13.2. The Morgan fingerprint density at radius 1 is 0.963 bits per heavy atom. The van der Waals surface area contributed by atoms with E-state index >= 15 is 0 Å². The molecular weight excluding hydrogens is 378 g/mol. The molecule has 1 aliphatic heterocycles. The summed E-state index contributed by atoms with van der Waals surface area (Å²) >= 11 is 7.71. The van der Waals surface area contributed by atoms with Crippen molar-refractivity contribution in [2.75, 3.05) is 12.3 Å². The van der Waals surface area contributed by atoms with Gasteiger partial charge in [0.05, 0.1) is 0 Å². The van der Waals surface area contributed by atoms with Gasteiger partial charge in [0.25, 0.3) is 5.91 Å². The quantitative estimate of drug-likeness (QED) is 0.541. The van der Waals surface area contributed by atoms with E-state index < -0.39 is 0 Å². The molecule has 0 aromatic heterocycles. The lowest BCUT2D eigenvalue weighted by Gasteiger charge is -2.24. The number of hydrogen-bond acceptors (Lipinski definition) is 3. The third-order valence-electron chi connectivity index (χ3n) is 4.37. The van der Waals surface area contributed by atoms with Crippen molar-refractivity contribution in [2.45, 2.75) is 5.37 Å².